The molecule has 4 heteroatoms. The first-order valence-electron chi connectivity index (χ1n) is 8.34. The van der Waals surface area contributed by atoms with Gasteiger partial charge in [0.25, 0.3) is 0 Å². The summed E-state index contributed by atoms with van der Waals surface area (Å²) < 4.78 is 0. The highest BCUT2D eigenvalue weighted by Crippen LogP contribution is 2.31. The molecule has 2 N–H and O–H groups in total. The van der Waals surface area contributed by atoms with Gasteiger partial charge in [0.2, 0.25) is 0 Å². The minimum atomic E-state index is -0.686. The number of nitrogens with zero attached hydrogens (tertiary/aromatic N) is 2. The fourth-order valence-corrected chi connectivity index (χ4v) is 2.71. The topological polar surface area (TPSA) is 48.4 Å². The number of hydrogen-bond acceptors (Lipinski definition) is 4. The summed E-state index contributed by atoms with van der Waals surface area (Å²) in [5, 5.41) is 14.1. The molecule has 1 aliphatic rings. The fraction of sp³-hybridized carbons (Fsp3) is 0.706. The highest BCUT2D eigenvalue weighted by Gasteiger charge is 2.31. The quantitative estimate of drug-likeness (QED) is 0.876. The van der Waals surface area contributed by atoms with Crippen LogP contribution in [0, 0.1) is 0 Å². The van der Waals surface area contributed by atoms with Gasteiger partial charge in [-0.15, -0.1) is 0 Å². The number of aliphatic hydroxyl groups is 1. The van der Waals surface area contributed by atoms with Crippen LogP contribution in [0.5, 0.6) is 0 Å². The first kappa shape index (κ1) is 17.9. The van der Waals surface area contributed by atoms with Crippen molar-refractivity contribution in [2.24, 2.45) is 0 Å². The number of piperidine rings is 1. The van der Waals surface area contributed by atoms with Crippen LogP contribution in [0.25, 0.3) is 0 Å². The van der Waals surface area contributed by atoms with Crippen molar-refractivity contribution >= 4 is 5.82 Å². The molecule has 120 valence electrons. The number of pyridine rings is 1. The summed E-state index contributed by atoms with van der Waals surface area (Å²) in [6.07, 6.45) is 4.48. The molecule has 21 heavy (non-hydrogen) atoms. The molecule has 0 aliphatic carbocycles. The zero-order valence-corrected chi connectivity index (χ0v) is 14.0. The molecule has 0 atom stereocenters. The average molecular weight is 293 g/mol. The number of hydrogen-bond donors (Lipinski definition) is 2. The maximum atomic E-state index is 10.8. The lowest BCUT2D eigenvalue weighted by Gasteiger charge is -2.33. The number of aromatic nitrogens is 1. The normalized spacial score (nSPS) is 16.8. The molecule has 0 radical (unpaired) electrons. The summed E-state index contributed by atoms with van der Waals surface area (Å²) in [6.45, 7) is 12.0. The summed E-state index contributed by atoms with van der Waals surface area (Å²) in [4.78, 5) is 6.71. The number of nitrogens with one attached hydrogen (secondary N) is 1. The van der Waals surface area contributed by atoms with Gasteiger partial charge in [-0.2, -0.15) is 0 Å². The van der Waals surface area contributed by atoms with Crippen LogP contribution in [-0.4, -0.2) is 36.3 Å². The van der Waals surface area contributed by atoms with E-state index < -0.39 is 5.60 Å². The van der Waals surface area contributed by atoms with Crippen molar-refractivity contribution in [1.82, 2.24) is 10.3 Å². The Morgan fingerprint density at radius 1 is 1.29 bits per heavy atom. The molecule has 2 heterocycles. The Kier molecular flexibility index (Phi) is 7.68. The Balaban J connectivity index is 0.00000106. The summed E-state index contributed by atoms with van der Waals surface area (Å²) in [5.41, 5.74) is 0.322. The number of rotatable bonds is 5. The van der Waals surface area contributed by atoms with Gasteiger partial charge in [0, 0.05) is 19.3 Å². The maximum absolute atomic E-state index is 10.8. The van der Waals surface area contributed by atoms with Crippen molar-refractivity contribution in [2.45, 2.75) is 52.6 Å². The Bertz CT molecular complexity index is 403. The molecule has 0 spiro atoms. The van der Waals surface area contributed by atoms with Gasteiger partial charge in [0.1, 0.15) is 5.82 Å². The molecule has 0 aromatic carbocycles. The van der Waals surface area contributed by atoms with E-state index >= 15 is 0 Å². The van der Waals surface area contributed by atoms with E-state index in [2.05, 4.69) is 35.1 Å². The molecule has 0 bridgehead atoms. The molecule has 4 nitrogen and oxygen atoms in total. The first-order valence-corrected chi connectivity index (χ1v) is 8.34. The second-order valence-corrected chi connectivity index (χ2v) is 5.26. The molecule has 0 amide bonds. The summed E-state index contributed by atoms with van der Waals surface area (Å²) in [7, 11) is 0. The third-order valence-electron chi connectivity index (χ3n) is 3.91. The van der Waals surface area contributed by atoms with Crippen LogP contribution in [0.15, 0.2) is 18.3 Å². The number of anilines is 1. The van der Waals surface area contributed by atoms with Crippen molar-refractivity contribution < 1.29 is 5.11 Å². The molecule has 1 saturated heterocycles. The third-order valence-corrected chi connectivity index (χ3v) is 3.91. The summed E-state index contributed by atoms with van der Waals surface area (Å²) >= 11 is 0. The minimum Gasteiger partial charge on any atom is -0.385 e. The monoisotopic (exact) mass is 293 g/mol. The van der Waals surface area contributed by atoms with Crippen LogP contribution in [0.1, 0.15) is 52.5 Å². The molecule has 1 aromatic rings. The molecule has 0 unspecified atom stereocenters. The Morgan fingerprint density at radius 2 is 1.95 bits per heavy atom. The Labute approximate surface area is 129 Å². The van der Waals surface area contributed by atoms with E-state index in [0.717, 1.165) is 56.8 Å². The van der Waals surface area contributed by atoms with Gasteiger partial charge in [-0.3, -0.25) is 0 Å². The summed E-state index contributed by atoms with van der Waals surface area (Å²) in [6, 6.07) is 4.01. The molecule has 1 aromatic heterocycles. The zero-order valence-electron chi connectivity index (χ0n) is 14.0. The van der Waals surface area contributed by atoms with Crippen molar-refractivity contribution in [1.29, 1.82) is 0 Å². The predicted octanol–water partition coefficient (Wildman–Crippen LogP) is 2.92. The van der Waals surface area contributed by atoms with E-state index in [1.54, 1.807) is 0 Å². The van der Waals surface area contributed by atoms with Gasteiger partial charge in [0.05, 0.1) is 5.60 Å². The molecule has 2 rings (SSSR count). The van der Waals surface area contributed by atoms with E-state index in [4.69, 9.17) is 0 Å². The van der Waals surface area contributed by atoms with E-state index in [1.165, 1.54) is 0 Å². The Hall–Kier alpha value is -1.13. The lowest BCUT2D eigenvalue weighted by Crippen LogP contribution is -2.39. The second kappa shape index (κ2) is 9.00. The van der Waals surface area contributed by atoms with Crippen LogP contribution < -0.4 is 10.2 Å². The van der Waals surface area contributed by atoms with Crippen LogP contribution in [0.2, 0.25) is 0 Å². The smallest absolute Gasteiger partial charge is 0.128 e. The third kappa shape index (κ3) is 4.68. The van der Waals surface area contributed by atoms with Gasteiger partial charge in [-0.05, 0) is 57.0 Å². The second-order valence-electron chi connectivity index (χ2n) is 5.26. The molecule has 1 aliphatic heterocycles. The van der Waals surface area contributed by atoms with Crippen LogP contribution in [0.4, 0.5) is 5.82 Å². The lowest BCUT2D eigenvalue weighted by molar-refractivity contribution is 0.00590. The van der Waals surface area contributed by atoms with Crippen molar-refractivity contribution in [2.75, 3.05) is 31.1 Å². The highest BCUT2D eigenvalue weighted by molar-refractivity contribution is 5.42. The SMILES string of the molecule is CC.CCCN(CC)c1cc(C2(O)CCNCC2)ccn1. The molecule has 1 fully saturated rings. The molecular formula is C17H31N3O. The maximum Gasteiger partial charge on any atom is 0.128 e. The molecular weight excluding hydrogens is 262 g/mol. The highest BCUT2D eigenvalue weighted by atomic mass is 16.3. The van der Waals surface area contributed by atoms with Gasteiger partial charge >= 0.3 is 0 Å². The van der Waals surface area contributed by atoms with E-state index in [1.807, 2.05) is 26.1 Å². The largest absolute Gasteiger partial charge is 0.385 e. The Morgan fingerprint density at radius 3 is 2.52 bits per heavy atom. The van der Waals surface area contributed by atoms with Gasteiger partial charge in [0.15, 0.2) is 0 Å². The molecule has 0 saturated carbocycles. The zero-order chi connectivity index (χ0) is 15.7. The predicted molar refractivity (Wildman–Crippen MR) is 89.8 cm³/mol. The first-order chi connectivity index (χ1) is 10.2. The van der Waals surface area contributed by atoms with Gasteiger partial charge in [-0.25, -0.2) is 4.98 Å². The van der Waals surface area contributed by atoms with E-state index in [0.29, 0.717) is 0 Å². The van der Waals surface area contributed by atoms with Crippen molar-refractivity contribution in [3.05, 3.63) is 23.9 Å². The van der Waals surface area contributed by atoms with Crippen LogP contribution >= 0.6 is 0 Å². The van der Waals surface area contributed by atoms with Crippen molar-refractivity contribution in [3.63, 3.8) is 0 Å². The fourth-order valence-electron chi connectivity index (χ4n) is 2.71. The van der Waals surface area contributed by atoms with E-state index in [9.17, 15) is 5.11 Å². The van der Waals surface area contributed by atoms with Crippen LogP contribution in [0.3, 0.4) is 0 Å². The van der Waals surface area contributed by atoms with Crippen LogP contribution in [-0.2, 0) is 5.60 Å². The van der Waals surface area contributed by atoms with E-state index in [-0.39, 0.29) is 0 Å². The minimum absolute atomic E-state index is 0.686. The van der Waals surface area contributed by atoms with Gasteiger partial charge < -0.3 is 15.3 Å². The average Bonchev–Trinajstić information content (AvgIpc) is 2.55. The lowest BCUT2D eigenvalue weighted by atomic mass is 9.85. The van der Waals surface area contributed by atoms with Crippen molar-refractivity contribution in [3.8, 4) is 0 Å². The standard InChI is InChI=1S/C15H25N3O.C2H6/c1-3-11-18(4-2)14-12-13(5-8-17-14)15(19)6-9-16-10-7-15;1-2/h5,8,12,16,19H,3-4,6-7,9-11H2,1-2H3;1-2H3. The summed E-state index contributed by atoms with van der Waals surface area (Å²) in [5.74, 6) is 0.980. The van der Waals surface area contributed by atoms with Gasteiger partial charge in [-0.1, -0.05) is 20.8 Å².